The lowest BCUT2D eigenvalue weighted by molar-refractivity contribution is 0.0953. The summed E-state index contributed by atoms with van der Waals surface area (Å²) in [6, 6.07) is 13.1. The number of aryl methyl sites for hydroxylation is 1. The third-order valence-electron chi connectivity index (χ3n) is 4.75. The van der Waals surface area contributed by atoms with Crippen molar-refractivity contribution in [3.05, 3.63) is 66.1 Å². The van der Waals surface area contributed by atoms with Crippen LogP contribution >= 0.6 is 0 Å². The maximum atomic E-state index is 12.1. The summed E-state index contributed by atoms with van der Waals surface area (Å²) in [5.41, 5.74) is 3.25. The molecule has 158 valence electrons. The normalized spacial score (nSPS) is 10.9. The molecule has 1 amide bonds. The molecule has 0 radical (unpaired) electrons. The molecule has 0 spiro atoms. The van der Waals surface area contributed by atoms with E-state index in [2.05, 4.69) is 37.6 Å². The Morgan fingerprint density at radius 2 is 1.90 bits per heavy atom. The largest absolute Gasteiger partial charge is 0.352 e. The molecule has 2 N–H and O–H groups in total. The second kappa shape index (κ2) is 9.34. The number of carbonyl (C=O) groups excluding carboxylic acids is 1. The van der Waals surface area contributed by atoms with Crippen LogP contribution in [-0.2, 0) is 6.42 Å². The van der Waals surface area contributed by atoms with Crippen LogP contribution in [0, 0.1) is 0 Å². The quantitative estimate of drug-likeness (QED) is 0.451. The Morgan fingerprint density at radius 3 is 2.61 bits per heavy atom. The lowest BCUT2D eigenvalue weighted by atomic mass is 10.2. The zero-order valence-corrected chi connectivity index (χ0v) is 17.7. The molecule has 1 aromatic carbocycles. The first-order valence-electron chi connectivity index (χ1n) is 10.5. The van der Waals surface area contributed by atoms with E-state index in [1.807, 2.05) is 37.3 Å². The van der Waals surface area contributed by atoms with Crippen molar-refractivity contribution >= 4 is 23.2 Å². The van der Waals surface area contributed by atoms with E-state index < -0.39 is 0 Å². The Balaban J connectivity index is 1.65. The molecule has 31 heavy (non-hydrogen) atoms. The van der Waals surface area contributed by atoms with Gasteiger partial charge in [0.15, 0.2) is 5.82 Å². The minimum absolute atomic E-state index is 0.0673. The predicted molar refractivity (Wildman–Crippen MR) is 120 cm³/mol. The van der Waals surface area contributed by atoms with Crippen LogP contribution in [0.4, 0.5) is 11.5 Å². The van der Waals surface area contributed by atoms with Gasteiger partial charge in [-0.15, -0.1) is 5.10 Å². The van der Waals surface area contributed by atoms with Gasteiger partial charge >= 0.3 is 0 Å². The van der Waals surface area contributed by atoms with Crippen LogP contribution in [0.25, 0.3) is 17.2 Å². The molecule has 0 unspecified atom stereocenters. The number of amides is 1. The standard InChI is InChI=1S/C23H25N7O/c1-3-6-19-14-20(26-18-10-8-16(9-11-18)22(31)25-12-4-2)30-23(27-19)28-21(29-30)17-7-5-13-24-15-17/h5,7-11,13-15,26H,3-4,6,12H2,1-2H3,(H,25,31). The first kappa shape index (κ1) is 20.5. The molecule has 3 aromatic heterocycles. The molecule has 8 heteroatoms. The van der Waals surface area contributed by atoms with Crippen LogP contribution in [0.2, 0.25) is 0 Å². The van der Waals surface area contributed by atoms with Crippen LogP contribution in [0.3, 0.4) is 0 Å². The summed E-state index contributed by atoms with van der Waals surface area (Å²) < 4.78 is 1.70. The Hall–Kier alpha value is -3.81. The highest BCUT2D eigenvalue weighted by Gasteiger charge is 2.13. The molecule has 0 aliphatic heterocycles. The van der Waals surface area contributed by atoms with Crippen molar-refractivity contribution in [2.45, 2.75) is 33.1 Å². The molecule has 8 nitrogen and oxygen atoms in total. The smallest absolute Gasteiger partial charge is 0.254 e. The Bertz CT molecular complexity index is 1170. The van der Waals surface area contributed by atoms with Gasteiger partial charge in [-0.25, -0.2) is 4.98 Å². The molecular formula is C23H25N7O. The molecule has 0 aliphatic carbocycles. The monoisotopic (exact) mass is 415 g/mol. The van der Waals surface area contributed by atoms with E-state index >= 15 is 0 Å². The summed E-state index contributed by atoms with van der Waals surface area (Å²) in [7, 11) is 0. The van der Waals surface area contributed by atoms with Gasteiger partial charge in [0.1, 0.15) is 5.82 Å². The number of hydrogen-bond acceptors (Lipinski definition) is 6. The lowest BCUT2D eigenvalue weighted by Gasteiger charge is -2.10. The number of nitrogens with zero attached hydrogens (tertiary/aromatic N) is 5. The van der Waals surface area contributed by atoms with E-state index in [1.165, 1.54) is 0 Å². The van der Waals surface area contributed by atoms with Gasteiger partial charge in [-0.1, -0.05) is 20.3 Å². The highest BCUT2D eigenvalue weighted by molar-refractivity contribution is 5.94. The van der Waals surface area contributed by atoms with Crippen molar-refractivity contribution in [3.8, 4) is 11.4 Å². The molecule has 0 bridgehead atoms. The molecular weight excluding hydrogens is 390 g/mol. The summed E-state index contributed by atoms with van der Waals surface area (Å²) in [6.07, 6.45) is 6.18. The number of nitrogens with one attached hydrogen (secondary N) is 2. The molecule has 4 rings (SSSR count). The number of aromatic nitrogens is 5. The Kier molecular flexibility index (Phi) is 6.16. The van der Waals surface area contributed by atoms with E-state index in [0.717, 1.165) is 42.0 Å². The third-order valence-corrected chi connectivity index (χ3v) is 4.75. The van der Waals surface area contributed by atoms with E-state index in [-0.39, 0.29) is 5.91 Å². The zero-order valence-electron chi connectivity index (χ0n) is 17.7. The molecule has 0 saturated heterocycles. The van der Waals surface area contributed by atoms with Crippen LogP contribution in [0.1, 0.15) is 42.7 Å². The van der Waals surface area contributed by atoms with Crippen LogP contribution in [0.5, 0.6) is 0 Å². The van der Waals surface area contributed by atoms with Crippen molar-refractivity contribution in [3.63, 3.8) is 0 Å². The SMILES string of the molecule is CCCNC(=O)c1ccc(Nc2cc(CCC)nc3nc(-c4cccnc4)nn23)cc1. The number of fused-ring (bicyclic) bond motifs is 1. The van der Waals surface area contributed by atoms with Gasteiger partial charge in [0.05, 0.1) is 0 Å². The van der Waals surface area contributed by atoms with E-state index in [0.29, 0.717) is 23.7 Å². The summed E-state index contributed by atoms with van der Waals surface area (Å²) in [4.78, 5) is 25.5. The van der Waals surface area contributed by atoms with Crippen molar-refractivity contribution in [1.82, 2.24) is 29.9 Å². The Morgan fingerprint density at radius 1 is 1.06 bits per heavy atom. The molecule has 0 saturated carbocycles. The molecule has 3 heterocycles. The van der Waals surface area contributed by atoms with Crippen molar-refractivity contribution in [2.75, 3.05) is 11.9 Å². The minimum Gasteiger partial charge on any atom is -0.352 e. The molecule has 4 aromatic rings. The average Bonchev–Trinajstić information content (AvgIpc) is 3.23. The minimum atomic E-state index is -0.0673. The average molecular weight is 416 g/mol. The number of pyridine rings is 1. The fraction of sp³-hybridized carbons (Fsp3) is 0.261. The van der Waals surface area contributed by atoms with Gasteiger partial charge in [-0.2, -0.15) is 9.50 Å². The number of rotatable bonds is 8. The summed E-state index contributed by atoms with van der Waals surface area (Å²) in [6.45, 7) is 4.81. The van der Waals surface area contributed by atoms with E-state index in [9.17, 15) is 4.79 Å². The van der Waals surface area contributed by atoms with Gasteiger partial charge in [0.2, 0.25) is 0 Å². The van der Waals surface area contributed by atoms with Crippen LogP contribution < -0.4 is 10.6 Å². The first-order chi connectivity index (χ1) is 15.2. The van der Waals surface area contributed by atoms with Gasteiger partial charge in [0.25, 0.3) is 11.7 Å². The maximum absolute atomic E-state index is 12.1. The number of benzene rings is 1. The maximum Gasteiger partial charge on any atom is 0.254 e. The number of hydrogen-bond donors (Lipinski definition) is 2. The highest BCUT2D eigenvalue weighted by atomic mass is 16.1. The van der Waals surface area contributed by atoms with Crippen molar-refractivity contribution in [2.24, 2.45) is 0 Å². The molecule has 0 fully saturated rings. The van der Waals surface area contributed by atoms with E-state index in [4.69, 9.17) is 0 Å². The fourth-order valence-corrected chi connectivity index (χ4v) is 3.20. The molecule has 0 aliphatic rings. The van der Waals surface area contributed by atoms with Crippen LogP contribution in [0.15, 0.2) is 54.9 Å². The second-order valence-electron chi connectivity index (χ2n) is 7.23. The predicted octanol–water partition coefficient (Wildman–Crippen LogP) is 4.02. The topological polar surface area (TPSA) is 97.1 Å². The van der Waals surface area contributed by atoms with Gasteiger partial charge < -0.3 is 10.6 Å². The van der Waals surface area contributed by atoms with E-state index in [1.54, 1.807) is 29.0 Å². The first-order valence-corrected chi connectivity index (χ1v) is 10.5. The van der Waals surface area contributed by atoms with Crippen molar-refractivity contribution in [1.29, 1.82) is 0 Å². The van der Waals surface area contributed by atoms with Gasteiger partial charge in [-0.05, 0) is 49.2 Å². The Labute approximate surface area is 180 Å². The summed E-state index contributed by atoms with van der Waals surface area (Å²) >= 11 is 0. The highest BCUT2D eigenvalue weighted by Crippen LogP contribution is 2.22. The summed E-state index contributed by atoms with van der Waals surface area (Å²) in [5.74, 6) is 1.80. The number of carbonyl (C=O) groups is 1. The zero-order chi connectivity index (χ0) is 21.6. The van der Waals surface area contributed by atoms with Gasteiger partial charge in [-0.3, -0.25) is 9.78 Å². The molecule has 0 atom stereocenters. The third kappa shape index (κ3) is 4.69. The fourth-order valence-electron chi connectivity index (χ4n) is 3.20. The second-order valence-corrected chi connectivity index (χ2v) is 7.23. The van der Waals surface area contributed by atoms with Crippen LogP contribution in [-0.4, -0.2) is 37.0 Å². The number of anilines is 2. The van der Waals surface area contributed by atoms with Gasteiger partial charge in [0, 0.05) is 47.5 Å². The lowest BCUT2D eigenvalue weighted by Crippen LogP contribution is -2.23. The van der Waals surface area contributed by atoms with Crippen molar-refractivity contribution < 1.29 is 4.79 Å². The summed E-state index contributed by atoms with van der Waals surface area (Å²) in [5, 5.41) is 10.9.